The van der Waals surface area contributed by atoms with Crippen molar-refractivity contribution in [1.82, 2.24) is 25.5 Å². The highest BCUT2D eigenvalue weighted by molar-refractivity contribution is 5.53. The van der Waals surface area contributed by atoms with Crippen molar-refractivity contribution in [3.63, 3.8) is 0 Å². The van der Waals surface area contributed by atoms with Crippen molar-refractivity contribution in [2.24, 2.45) is 0 Å². The normalized spacial score (nSPS) is 15.8. The number of hydrogen-bond acceptors (Lipinski definition) is 7. The van der Waals surface area contributed by atoms with E-state index in [2.05, 4.69) is 25.9 Å². The van der Waals surface area contributed by atoms with Crippen molar-refractivity contribution in [3.05, 3.63) is 41.5 Å². The smallest absolute Gasteiger partial charge is 0.325 e. The Morgan fingerprint density at radius 2 is 1.93 bits per heavy atom. The monoisotopic (exact) mass is 382 g/mol. The molecule has 0 atom stereocenters. The van der Waals surface area contributed by atoms with E-state index in [1.165, 1.54) is 0 Å². The first-order chi connectivity index (χ1) is 12.8. The van der Waals surface area contributed by atoms with Gasteiger partial charge < -0.3 is 5.32 Å². The summed E-state index contributed by atoms with van der Waals surface area (Å²) in [6.45, 7) is 5.35. The number of hydrogen-bond donors (Lipinski definition) is 2. The standard InChI is InChI=1S/C17H21F3N6O/c1-10(2)16-22-13(11-8-26(9-11)25-27-3)7-15(24-16)23-14-6-12(4-5-21-14)17(18,19)20/h4-7,10-11,25H,8-9H2,1-3H3,(H,21,22,23,24). The molecule has 1 aliphatic rings. The van der Waals surface area contributed by atoms with Crippen molar-refractivity contribution < 1.29 is 18.0 Å². The van der Waals surface area contributed by atoms with Crippen LogP contribution in [0.3, 0.4) is 0 Å². The molecule has 2 aromatic rings. The molecule has 0 amide bonds. The molecule has 146 valence electrons. The van der Waals surface area contributed by atoms with Crippen molar-refractivity contribution in [1.29, 1.82) is 0 Å². The molecule has 0 spiro atoms. The summed E-state index contributed by atoms with van der Waals surface area (Å²) in [6, 6.07) is 3.65. The van der Waals surface area contributed by atoms with Crippen molar-refractivity contribution in [2.75, 3.05) is 25.5 Å². The number of pyridine rings is 1. The Kier molecular flexibility index (Phi) is 5.59. The SMILES string of the molecule is CONN1CC(c2cc(Nc3cc(C(F)(F)F)ccn3)nc(C(C)C)n2)C1. The molecule has 27 heavy (non-hydrogen) atoms. The molecule has 1 fully saturated rings. The summed E-state index contributed by atoms with van der Waals surface area (Å²) in [5.74, 6) is 1.39. The third-order valence-electron chi connectivity index (χ3n) is 4.14. The highest BCUT2D eigenvalue weighted by atomic mass is 19.4. The second-order valence-electron chi connectivity index (χ2n) is 6.64. The lowest BCUT2D eigenvalue weighted by molar-refractivity contribution is -0.137. The van der Waals surface area contributed by atoms with Crippen LogP contribution in [0.2, 0.25) is 0 Å². The molecule has 0 radical (unpaired) electrons. The molecule has 7 nitrogen and oxygen atoms in total. The zero-order valence-corrected chi connectivity index (χ0v) is 15.2. The second kappa shape index (κ2) is 7.75. The Labute approximate surface area is 154 Å². The number of halogens is 3. The van der Waals surface area contributed by atoms with E-state index in [4.69, 9.17) is 4.84 Å². The number of anilines is 2. The van der Waals surface area contributed by atoms with Crippen LogP contribution in [-0.2, 0) is 11.0 Å². The zero-order valence-electron chi connectivity index (χ0n) is 15.2. The molecular weight excluding hydrogens is 361 g/mol. The topological polar surface area (TPSA) is 75.2 Å². The largest absolute Gasteiger partial charge is 0.416 e. The van der Waals surface area contributed by atoms with E-state index in [0.717, 1.165) is 24.0 Å². The summed E-state index contributed by atoms with van der Waals surface area (Å²) in [4.78, 5) is 17.8. The number of rotatable bonds is 6. The van der Waals surface area contributed by atoms with Crippen LogP contribution in [0.1, 0.15) is 42.8 Å². The average Bonchev–Trinajstić information content (AvgIpc) is 2.57. The fourth-order valence-corrected chi connectivity index (χ4v) is 2.69. The molecular formula is C17H21F3N6O. The van der Waals surface area contributed by atoms with Crippen LogP contribution in [0.5, 0.6) is 0 Å². The molecule has 0 unspecified atom stereocenters. The van der Waals surface area contributed by atoms with E-state index in [1.54, 1.807) is 13.2 Å². The number of nitrogens with zero attached hydrogens (tertiary/aromatic N) is 4. The van der Waals surface area contributed by atoms with Crippen LogP contribution in [0.25, 0.3) is 0 Å². The van der Waals surface area contributed by atoms with Gasteiger partial charge in [-0.15, -0.1) is 5.59 Å². The van der Waals surface area contributed by atoms with Gasteiger partial charge in [-0.25, -0.2) is 20.0 Å². The van der Waals surface area contributed by atoms with Gasteiger partial charge in [-0.1, -0.05) is 13.8 Å². The van der Waals surface area contributed by atoms with Crippen LogP contribution < -0.4 is 10.9 Å². The molecule has 0 saturated carbocycles. The van der Waals surface area contributed by atoms with Gasteiger partial charge in [0.25, 0.3) is 0 Å². The minimum absolute atomic E-state index is 0.0771. The maximum atomic E-state index is 12.9. The highest BCUT2D eigenvalue weighted by Gasteiger charge is 2.31. The molecule has 2 aromatic heterocycles. The summed E-state index contributed by atoms with van der Waals surface area (Å²) >= 11 is 0. The predicted octanol–water partition coefficient (Wildman–Crippen LogP) is 3.22. The van der Waals surface area contributed by atoms with E-state index in [-0.39, 0.29) is 17.7 Å². The lowest BCUT2D eigenvalue weighted by Crippen LogP contribution is -2.52. The van der Waals surface area contributed by atoms with Gasteiger partial charge in [0.05, 0.1) is 18.4 Å². The fraction of sp³-hybridized carbons (Fsp3) is 0.471. The van der Waals surface area contributed by atoms with Crippen LogP contribution in [0.4, 0.5) is 24.8 Å². The Bertz CT molecular complexity index is 792. The Balaban J connectivity index is 1.83. The van der Waals surface area contributed by atoms with Gasteiger partial charge in [-0.05, 0) is 12.1 Å². The molecule has 0 aliphatic carbocycles. The van der Waals surface area contributed by atoms with Crippen molar-refractivity contribution in [2.45, 2.75) is 31.9 Å². The maximum Gasteiger partial charge on any atom is 0.416 e. The van der Waals surface area contributed by atoms with Gasteiger partial charge in [0, 0.05) is 37.2 Å². The summed E-state index contributed by atoms with van der Waals surface area (Å²) in [7, 11) is 1.54. The van der Waals surface area contributed by atoms with Crippen LogP contribution in [0, 0.1) is 0 Å². The van der Waals surface area contributed by atoms with Crippen LogP contribution >= 0.6 is 0 Å². The quantitative estimate of drug-likeness (QED) is 0.743. The van der Waals surface area contributed by atoms with E-state index in [0.29, 0.717) is 24.7 Å². The third-order valence-corrected chi connectivity index (χ3v) is 4.14. The van der Waals surface area contributed by atoms with Gasteiger partial charge >= 0.3 is 6.18 Å². The van der Waals surface area contributed by atoms with Gasteiger partial charge in [-0.3, -0.25) is 4.84 Å². The minimum Gasteiger partial charge on any atom is -0.325 e. The summed E-state index contributed by atoms with van der Waals surface area (Å²) in [5, 5.41) is 4.77. The lowest BCUT2D eigenvalue weighted by Gasteiger charge is -2.38. The lowest BCUT2D eigenvalue weighted by atomic mass is 9.97. The van der Waals surface area contributed by atoms with Crippen molar-refractivity contribution >= 4 is 11.6 Å². The van der Waals surface area contributed by atoms with Gasteiger partial charge in [0.2, 0.25) is 0 Å². The van der Waals surface area contributed by atoms with Gasteiger partial charge in [0.15, 0.2) is 0 Å². The first-order valence-corrected chi connectivity index (χ1v) is 8.49. The highest BCUT2D eigenvalue weighted by Crippen LogP contribution is 2.31. The Hall–Kier alpha value is -2.30. The molecule has 3 rings (SSSR count). The number of alkyl halides is 3. The van der Waals surface area contributed by atoms with E-state index >= 15 is 0 Å². The molecule has 1 saturated heterocycles. The fourth-order valence-electron chi connectivity index (χ4n) is 2.69. The molecule has 0 bridgehead atoms. The second-order valence-corrected chi connectivity index (χ2v) is 6.64. The first-order valence-electron chi connectivity index (χ1n) is 8.49. The molecule has 2 N–H and O–H groups in total. The minimum atomic E-state index is -4.43. The van der Waals surface area contributed by atoms with E-state index < -0.39 is 11.7 Å². The van der Waals surface area contributed by atoms with Crippen LogP contribution in [0.15, 0.2) is 24.4 Å². The number of hydrazine groups is 1. The van der Waals surface area contributed by atoms with Crippen LogP contribution in [-0.4, -0.2) is 40.2 Å². The Morgan fingerprint density at radius 1 is 1.19 bits per heavy atom. The van der Waals surface area contributed by atoms with Gasteiger partial charge in [0.1, 0.15) is 17.5 Å². The summed E-state index contributed by atoms with van der Waals surface area (Å²) < 4.78 is 38.7. The summed E-state index contributed by atoms with van der Waals surface area (Å²) in [6.07, 6.45) is -3.31. The summed E-state index contributed by atoms with van der Waals surface area (Å²) in [5.41, 5.74) is 2.82. The van der Waals surface area contributed by atoms with Gasteiger partial charge in [-0.2, -0.15) is 13.2 Å². The molecule has 10 heteroatoms. The zero-order chi connectivity index (χ0) is 19.6. The van der Waals surface area contributed by atoms with E-state index in [9.17, 15) is 13.2 Å². The molecule has 1 aliphatic heterocycles. The first kappa shape index (κ1) is 19.5. The predicted molar refractivity (Wildman–Crippen MR) is 93.1 cm³/mol. The Morgan fingerprint density at radius 3 is 2.56 bits per heavy atom. The number of nitrogens with one attached hydrogen (secondary N) is 2. The number of aromatic nitrogens is 3. The van der Waals surface area contributed by atoms with Crippen molar-refractivity contribution in [3.8, 4) is 0 Å². The molecule has 3 heterocycles. The van der Waals surface area contributed by atoms with E-state index in [1.807, 2.05) is 18.9 Å². The maximum absolute atomic E-state index is 12.9. The average molecular weight is 382 g/mol. The third kappa shape index (κ3) is 4.71. The molecule has 0 aromatic carbocycles.